The zero-order valence-electron chi connectivity index (χ0n) is 16.8. The molecule has 11 heteroatoms. The Balaban J connectivity index is 1.65. The smallest absolute Gasteiger partial charge is 0.416 e. The largest absolute Gasteiger partial charge is 0.491 e. The van der Waals surface area contributed by atoms with Crippen molar-refractivity contribution in [2.45, 2.75) is 45.6 Å². The van der Waals surface area contributed by atoms with Gasteiger partial charge in [0.2, 0.25) is 5.91 Å². The van der Waals surface area contributed by atoms with Gasteiger partial charge in [0, 0.05) is 19.5 Å². The molecule has 3 aromatic rings. The van der Waals surface area contributed by atoms with E-state index in [0.717, 1.165) is 10.9 Å². The van der Waals surface area contributed by atoms with E-state index in [2.05, 4.69) is 15.5 Å². The van der Waals surface area contributed by atoms with Gasteiger partial charge in [0.25, 0.3) is 0 Å². The molecular formula is C20H21F3N4O2S2. The first-order chi connectivity index (χ1) is 14.6. The Hall–Kier alpha value is -2.66. The third-order valence-electron chi connectivity index (χ3n) is 4.30. The number of amides is 1. The van der Waals surface area contributed by atoms with Gasteiger partial charge in [0.05, 0.1) is 16.5 Å². The second kappa shape index (κ2) is 9.65. The lowest BCUT2D eigenvalue weighted by atomic mass is 10.1. The lowest BCUT2D eigenvalue weighted by Crippen LogP contribution is -2.25. The Morgan fingerprint density at radius 2 is 2.13 bits per heavy atom. The van der Waals surface area contributed by atoms with E-state index in [1.54, 1.807) is 18.4 Å². The van der Waals surface area contributed by atoms with Gasteiger partial charge in [-0.15, -0.1) is 11.3 Å². The molecule has 2 N–H and O–H groups in total. The van der Waals surface area contributed by atoms with Crippen molar-refractivity contribution in [3.63, 3.8) is 0 Å². The number of rotatable bonds is 8. The lowest BCUT2D eigenvalue weighted by molar-refractivity contribution is -0.138. The number of carbonyl (C=O) groups excluding carboxylic acids is 1. The van der Waals surface area contributed by atoms with Crippen LogP contribution < -0.4 is 10.1 Å². The molecule has 1 aromatic carbocycles. The molecule has 0 unspecified atom stereocenters. The molecule has 0 aliphatic heterocycles. The standard InChI is InChI=1S/C20H21F3N4O2S2/c1-12(2)29-14-6-5-13(15(10-14)20(21,22)23)11-24-17(28)7-8-27-18(25-26-19(27)30)16-4-3-9-31-16/h3-6,9-10,12H,7-8,11H2,1-2H3,(H,24,28)(H,26,30). The van der Waals surface area contributed by atoms with E-state index in [-0.39, 0.29) is 36.9 Å². The molecule has 0 atom stereocenters. The molecule has 0 saturated carbocycles. The number of H-pyrrole nitrogens is 1. The van der Waals surface area contributed by atoms with Crippen LogP contribution in [0.15, 0.2) is 35.7 Å². The highest BCUT2D eigenvalue weighted by molar-refractivity contribution is 7.71. The summed E-state index contributed by atoms with van der Waals surface area (Å²) in [4.78, 5) is 13.2. The number of alkyl halides is 3. The van der Waals surface area contributed by atoms with Gasteiger partial charge in [-0.3, -0.25) is 14.5 Å². The molecule has 6 nitrogen and oxygen atoms in total. The first kappa shape index (κ1) is 23.0. The van der Waals surface area contributed by atoms with Crippen LogP contribution >= 0.6 is 23.6 Å². The van der Waals surface area contributed by atoms with Gasteiger partial charge < -0.3 is 10.1 Å². The summed E-state index contributed by atoms with van der Waals surface area (Å²) < 4.78 is 47.8. The molecule has 0 aliphatic carbocycles. The fourth-order valence-corrected chi connectivity index (χ4v) is 3.88. The number of thiophene rings is 1. The van der Waals surface area contributed by atoms with E-state index in [9.17, 15) is 18.0 Å². The van der Waals surface area contributed by atoms with E-state index < -0.39 is 17.6 Å². The molecular weight excluding hydrogens is 449 g/mol. The van der Waals surface area contributed by atoms with E-state index in [4.69, 9.17) is 17.0 Å². The Bertz CT molecular complexity index is 1090. The number of halogens is 3. The van der Waals surface area contributed by atoms with Gasteiger partial charge in [-0.25, -0.2) is 0 Å². The van der Waals surface area contributed by atoms with Gasteiger partial charge >= 0.3 is 6.18 Å². The number of nitrogens with one attached hydrogen (secondary N) is 2. The number of benzene rings is 1. The quantitative estimate of drug-likeness (QED) is 0.445. The Labute approximate surface area is 186 Å². The number of hydrogen-bond donors (Lipinski definition) is 2. The fraction of sp³-hybridized carbons (Fsp3) is 0.350. The second-order valence-electron chi connectivity index (χ2n) is 6.99. The van der Waals surface area contributed by atoms with Gasteiger partial charge in [-0.2, -0.15) is 18.3 Å². The predicted octanol–water partition coefficient (Wildman–Crippen LogP) is 5.18. The van der Waals surface area contributed by atoms with Crippen molar-refractivity contribution in [1.29, 1.82) is 0 Å². The van der Waals surface area contributed by atoms with Crippen LogP contribution in [0, 0.1) is 4.77 Å². The molecule has 166 valence electrons. The highest BCUT2D eigenvalue weighted by atomic mass is 32.1. The highest BCUT2D eigenvalue weighted by Gasteiger charge is 2.34. The summed E-state index contributed by atoms with van der Waals surface area (Å²) in [7, 11) is 0. The van der Waals surface area contributed by atoms with Crippen LogP contribution in [-0.4, -0.2) is 26.8 Å². The minimum absolute atomic E-state index is 0.0313. The molecule has 31 heavy (non-hydrogen) atoms. The van der Waals surface area contributed by atoms with Crippen molar-refractivity contribution in [3.05, 3.63) is 51.6 Å². The average Bonchev–Trinajstić information content (AvgIpc) is 3.33. The SMILES string of the molecule is CC(C)Oc1ccc(CNC(=O)CCn2c(-c3cccs3)n[nH]c2=S)c(C(F)(F)F)c1. The molecule has 0 bridgehead atoms. The second-order valence-corrected chi connectivity index (χ2v) is 8.33. The summed E-state index contributed by atoms with van der Waals surface area (Å²) in [5, 5.41) is 11.3. The van der Waals surface area contributed by atoms with Crippen LogP contribution in [-0.2, 0) is 24.1 Å². The minimum atomic E-state index is -4.56. The molecule has 0 spiro atoms. The van der Waals surface area contributed by atoms with Crippen LogP contribution in [0.4, 0.5) is 13.2 Å². The average molecular weight is 471 g/mol. The number of aromatic nitrogens is 3. The topological polar surface area (TPSA) is 71.9 Å². The third kappa shape index (κ3) is 5.95. The van der Waals surface area contributed by atoms with Crippen molar-refractivity contribution in [1.82, 2.24) is 20.1 Å². The van der Waals surface area contributed by atoms with Crippen molar-refractivity contribution in [2.24, 2.45) is 0 Å². The van der Waals surface area contributed by atoms with Crippen LogP contribution in [0.3, 0.4) is 0 Å². The number of nitrogens with zero attached hydrogens (tertiary/aromatic N) is 2. The summed E-state index contributed by atoms with van der Waals surface area (Å²) in [5.74, 6) is 0.358. The van der Waals surface area contributed by atoms with Gasteiger partial charge in [0.1, 0.15) is 5.75 Å². The summed E-state index contributed by atoms with van der Waals surface area (Å²) in [6.07, 6.45) is -4.77. The molecule has 3 rings (SSSR count). The van der Waals surface area contributed by atoms with Crippen LogP contribution in [0.25, 0.3) is 10.7 Å². The lowest BCUT2D eigenvalue weighted by Gasteiger charge is -2.17. The first-order valence-corrected chi connectivity index (χ1v) is 10.8. The van der Waals surface area contributed by atoms with Crippen LogP contribution in [0.5, 0.6) is 5.75 Å². The highest BCUT2D eigenvalue weighted by Crippen LogP contribution is 2.34. The maximum absolute atomic E-state index is 13.5. The van der Waals surface area contributed by atoms with Gasteiger partial charge in [-0.1, -0.05) is 12.1 Å². The van der Waals surface area contributed by atoms with Crippen molar-refractivity contribution < 1.29 is 22.7 Å². The normalized spacial score (nSPS) is 11.7. The maximum atomic E-state index is 13.5. The summed E-state index contributed by atoms with van der Waals surface area (Å²) in [6.45, 7) is 3.47. The summed E-state index contributed by atoms with van der Waals surface area (Å²) >= 11 is 6.71. The molecule has 2 heterocycles. The van der Waals surface area contributed by atoms with E-state index >= 15 is 0 Å². The Morgan fingerprint density at radius 1 is 1.35 bits per heavy atom. The van der Waals surface area contributed by atoms with Crippen molar-refractivity contribution in [3.8, 4) is 16.5 Å². The number of hydrogen-bond acceptors (Lipinski definition) is 5. The number of ether oxygens (including phenoxy) is 1. The maximum Gasteiger partial charge on any atom is 0.416 e. The molecule has 0 fully saturated rings. The molecule has 2 aromatic heterocycles. The van der Waals surface area contributed by atoms with Crippen molar-refractivity contribution in [2.75, 3.05) is 0 Å². The van der Waals surface area contributed by atoms with E-state index in [1.165, 1.54) is 23.5 Å². The van der Waals surface area contributed by atoms with E-state index in [1.807, 2.05) is 17.5 Å². The monoisotopic (exact) mass is 470 g/mol. The Morgan fingerprint density at radius 3 is 2.77 bits per heavy atom. The fourth-order valence-electron chi connectivity index (χ4n) is 2.93. The first-order valence-electron chi connectivity index (χ1n) is 9.47. The zero-order valence-corrected chi connectivity index (χ0v) is 18.5. The number of aromatic amines is 1. The van der Waals surface area contributed by atoms with Crippen LogP contribution in [0.1, 0.15) is 31.4 Å². The van der Waals surface area contributed by atoms with E-state index in [0.29, 0.717) is 10.6 Å². The van der Waals surface area contributed by atoms with Crippen LogP contribution in [0.2, 0.25) is 0 Å². The minimum Gasteiger partial charge on any atom is -0.491 e. The third-order valence-corrected chi connectivity index (χ3v) is 5.47. The molecule has 0 radical (unpaired) electrons. The molecule has 0 saturated heterocycles. The molecule has 1 amide bonds. The predicted molar refractivity (Wildman–Crippen MR) is 114 cm³/mol. The molecule has 0 aliphatic rings. The number of carbonyl (C=O) groups is 1. The summed E-state index contributed by atoms with van der Waals surface area (Å²) in [5.41, 5.74) is -0.862. The van der Waals surface area contributed by atoms with Crippen molar-refractivity contribution >= 4 is 29.5 Å². The van der Waals surface area contributed by atoms with Gasteiger partial charge in [-0.05, 0) is 55.2 Å². The van der Waals surface area contributed by atoms with Gasteiger partial charge in [0.15, 0.2) is 10.6 Å². The summed E-state index contributed by atoms with van der Waals surface area (Å²) in [6, 6.07) is 7.51. The Kier molecular flexibility index (Phi) is 7.16. The zero-order chi connectivity index (χ0) is 22.6.